The van der Waals surface area contributed by atoms with Gasteiger partial charge in [0.2, 0.25) is 17.7 Å². The van der Waals surface area contributed by atoms with Crippen LogP contribution in [0.25, 0.3) is 0 Å². The van der Waals surface area contributed by atoms with Gasteiger partial charge >= 0.3 is 17.9 Å². The standard InChI is InChI=1S/C15H24N4O10/c1-6(20)12(15(28)29)19-9(21)5-17-14(27)8(4-11(24)25)18-13(26)7(16)2-3-10(22)23/h6-8,12,20H,2-5,16H2,1H3,(H,17,27)(H,18,26)(H,19,21)(H,22,23)(H,24,25)(H,28,29). The Bertz CT molecular complexity index is 651. The minimum Gasteiger partial charge on any atom is -0.481 e. The van der Waals surface area contributed by atoms with Crippen LogP contribution in [0.5, 0.6) is 0 Å². The second-order valence-electron chi connectivity index (χ2n) is 6.04. The molecule has 0 saturated carbocycles. The summed E-state index contributed by atoms with van der Waals surface area (Å²) in [7, 11) is 0. The van der Waals surface area contributed by atoms with E-state index in [1.54, 1.807) is 0 Å². The molecule has 9 N–H and O–H groups in total. The molecular formula is C15H24N4O10. The van der Waals surface area contributed by atoms with Gasteiger partial charge in [0.05, 0.1) is 25.1 Å². The number of nitrogens with one attached hydrogen (secondary N) is 3. The summed E-state index contributed by atoms with van der Waals surface area (Å²) in [4.78, 5) is 68.0. The highest BCUT2D eigenvalue weighted by Crippen LogP contribution is 1.99. The maximum Gasteiger partial charge on any atom is 0.328 e. The molecule has 0 aromatic rings. The molecule has 0 spiro atoms. The average molecular weight is 420 g/mol. The van der Waals surface area contributed by atoms with Gasteiger partial charge in [-0.05, 0) is 13.3 Å². The van der Waals surface area contributed by atoms with E-state index in [4.69, 9.17) is 21.1 Å². The number of hydrogen-bond acceptors (Lipinski definition) is 8. The smallest absolute Gasteiger partial charge is 0.328 e. The van der Waals surface area contributed by atoms with E-state index in [-0.39, 0.29) is 6.42 Å². The van der Waals surface area contributed by atoms with Gasteiger partial charge < -0.3 is 42.1 Å². The molecule has 0 aromatic heterocycles. The third-order valence-corrected chi connectivity index (χ3v) is 3.51. The monoisotopic (exact) mass is 420 g/mol. The molecule has 0 radical (unpaired) electrons. The van der Waals surface area contributed by atoms with Crippen LogP contribution in [0, 0.1) is 0 Å². The van der Waals surface area contributed by atoms with Crippen molar-refractivity contribution in [3.63, 3.8) is 0 Å². The van der Waals surface area contributed by atoms with Gasteiger partial charge in [0.15, 0.2) is 6.04 Å². The van der Waals surface area contributed by atoms with Gasteiger partial charge in [-0.1, -0.05) is 0 Å². The molecule has 14 heteroatoms. The van der Waals surface area contributed by atoms with E-state index in [0.717, 1.165) is 6.92 Å². The van der Waals surface area contributed by atoms with Crippen molar-refractivity contribution in [3.05, 3.63) is 0 Å². The summed E-state index contributed by atoms with van der Waals surface area (Å²) in [5.74, 6) is -7.16. The number of carbonyl (C=O) groups is 6. The number of nitrogens with two attached hydrogens (primary N) is 1. The summed E-state index contributed by atoms with van der Waals surface area (Å²) < 4.78 is 0. The van der Waals surface area contributed by atoms with E-state index in [0.29, 0.717) is 0 Å². The maximum absolute atomic E-state index is 12.1. The van der Waals surface area contributed by atoms with Crippen molar-refractivity contribution in [2.24, 2.45) is 5.73 Å². The zero-order chi connectivity index (χ0) is 22.7. The summed E-state index contributed by atoms with van der Waals surface area (Å²) in [5.41, 5.74) is 5.48. The summed E-state index contributed by atoms with van der Waals surface area (Å²) in [6.07, 6.45) is -2.94. The molecule has 0 saturated heterocycles. The average Bonchev–Trinajstić information content (AvgIpc) is 2.60. The quantitative estimate of drug-likeness (QED) is 0.143. The highest BCUT2D eigenvalue weighted by Gasteiger charge is 2.28. The van der Waals surface area contributed by atoms with Crippen LogP contribution in [0.1, 0.15) is 26.2 Å². The lowest BCUT2D eigenvalue weighted by Crippen LogP contribution is -2.55. The Kier molecular flexibility index (Phi) is 10.9. The fourth-order valence-electron chi connectivity index (χ4n) is 1.98. The number of carbonyl (C=O) groups excluding carboxylic acids is 3. The molecule has 0 aromatic carbocycles. The zero-order valence-electron chi connectivity index (χ0n) is 15.5. The van der Waals surface area contributed by atoms with Gasteiger partial charge in [-0.3, -0.25) is 24.0 Å². The normalized spacial score (nSPS) is 14.6. The fourth-order valence-corrected chi connectivity index (χ4v) is 1.98. The highest BCUT2D eigenvalue weighted by molar-refractivity contribution is 5.94. The van der Waals surface area contributed by atoms with Crippen LogP contribution in [-0.2, 0) is 28.8 Å². The van der Waals surface area contributed by atoms with Crippen LogP contribution < -0.4 is 21.7 Å². The van der Waals surface area contributed by atoms with Crippen molar-refractivity contribution in [2.75, 3.05) is 6.54 Å². The molecule has 4 unspecified atom stereocenters. The predicted octanol–water partition coefficient (Wildman–Crippen LogP) is -3.80. The lowest BCUT2D eigenvalue weighted by molar-refractivity contribution is -0.145. The zero-order valence-corrected chi connectivity index (χ0v) is 15.5. The Balaban J connectivity index is 4.85. The van der Waals surface area contributed by atoms with Gasteiger partial charge in [0.25, 0.3) is 0 Å². The Morgan fingerprint density at radius 2 is 1.52 bits per heavy atom. The minimum absolute atomic E-state index is 0.249. The first kappa shape index (κ1) is 25.7. The SMILES string of the molecule is CC(O)C(NC(=O)CNC(=O)C(CC(=O)O)NC(=O)C(N)CCC(=O)O)C(=O)O. The summed E-state index contributed by atoms with van der Waals surface area (Å²) in [6, 6.07) is -4.54. The van der Waals surface area contributed by atoms with E-state index >= 15 is 0 Å². The first-order chi connectivity index (χ1) is 13.3. The number of carboxylic acid groups (broad SMARTS) is 3. The summed E-state index contributed by atoms with van der Waals surface area (Å²) in [5, 5.41) is 41.6. The molecule has 0 bridgehead atoms. The number of aliphatic carboxylic acids is 3. The van der Waals surface area contributed by atoms with Crippen LogP contribution in [0.4, 0.5) is 0 Å². The van der Waals surface area contributed by atoms with Crippen molar-refractivity contribution in [1.29, 1.82) is 0 Å². The summed E-state index contributed by atoms with van der Waals surface area (Å²) in [6.45, 7) is 0.371. The van der Waals surface area contributed by atoms with Crippen LogP contribution in [0.15, 0.2) is 0 Å². The van der Waals surface area contributed by atoms with Gasteiger partial charge in [0.1, 0.15) is 6.04 Å². The Hall–Kier alpha value is -3.26. The second kappa shape index (κ2) is 12.2. The number of carboxylic acids is 3. The Morgan fingerprint density at radius 1 is 0.931 bits per heavy atom. The van der Waals surface area contributed by atoms with Gasteiger partial charge in [-0.25, -0.2) is 4.79 Å². The molecule has 164 valence electrons. The second-order valence-corrected chi connectivity index (χ2v) is 6.04. The number of amides is 3. The number of rotatable bonds is 13. The molecule has 0 heterocycles. The Morgan fingerprint density at radius 3 is 1.97 bits per heavy atom. The van der Waals surface area contributed by atoms with Crippen molar-refractivity contribution in [2.45, 2.75) is 50.4 Å². The first-order valence-corrected chi connectivity index (χ1v) is 8.32. The van der Waals surface area contributed by atoms with E-state index in [9.17, 15) is 33.9 Å². The highest BCUT2D eigenvalue weighted by atomic mass is 16.4. The number of hydrogen-bond donors (Lipinski definition) is 8. The van der Waals surface area contributed by atoms with Crippen LogP contribution in [0.2, 0.25) is 0 Å². The number of aliphatic hydroxyl groups is 1. The van der Waals surface area contributed by atoms with E-state index in [1.807, 2.05) is 10.6 Å². The first-order valence-electron chi connectivity index (χ1n) is 8.32. The van der Waals surface area contributed by atoms with Crippen molar-refractivity contribution in [1.82, 2.24) is 16.0 Å². The van der Waals surface area contributed by atoms with Crippen LogP contribution >= 0.6 is 0 Å². The van der Waals surface area contributed by atoms with E-state index in [2.05, 4.69) is 5.32 Å². The molecule has 14 nitrogen and oxygen atoms in total. The molecule has 0 rings (SSSR count). The molecular weight excluding hydrogens is 396 g/mol. The largest absolute Gasteiger partial charge is 0.481 e. The molecule has 29 heavy (non-hydrogen) atoms. The Labute approximate surface area is 164 Å². The van der Waals surface area contributed by atoms with Crippen LogP contribution in [0.3, 0.4) is 0 Å². The molecule has 0 aliphatic carbocycles. The molecule has 0 aliphatic heterocycles. The topological polar surface area (TPSA) is 245 Å². The van der Waals surface area contributed by atoms with Crippen LogP contribution in [-0.4, -0.2) is 86.8 Å². The van der Waals surface area contributed by atoms with E-state index < -0.39 is 79.2 Å². The molecule has 4 atom stereocenters. The number of aliphatic hydroxyl groups excluding tert-OH is 1. The van der Waals surface area contributed by atoms with Gasteiger partial charge in [0, 0.05) is 6.42 Å². The molecule has 0 fully saturated rings. The third kappa shape index (κ3) is 10.6. The van der Waals surface area contributed by atoms with Gasteiger partial charge in [-0.15, -0.1) is 0 Å². The summed E-state index contributed by atoms with van der Waals surface area (Å²) >= 11 is 0. The lowest BCUT2D eigenvalue weighted by Gasteiger charge is -2.20. The van der Waals surface area contributed by atoms with Crippen molar-refractivity contribution in [3.8, 4) is 0 Å². The lowest BCUT2D eigenvalue weighted by atomic mass is 10.1. The molecule has 3 amide bonds. The minimum atomic E-state index is -1.62. The fraction of sp³-hybridized carbons (Fsp3) is 0.600. The van der Waals surface area contributed by atoms with Gasteiger partial charge in [-0.2, -0.15) is 0 Å². The maximum atomic E-state index is 12.1. The predicted molar refractivity (Wildman–Crippen MR) is 93.3 cm³/mol. The van der Waals surface area contributed by atoms with Crippen molar-refractivity contribution >= 4 is 35.6 Å². The van der Waals surface area contributed by atoms with Crippen molar-refractivity contribution < 1.29 is 49.2 Å². The third-order valence-electron chi connectivity index (χ3n) is 3.51. The van der Waals surface area contributed by atoms with E-state index in [1.165, 1.54) is 0 Å². The molecule has 0 aliphatic rings.